The standard InChI is InChI=1S/C15H19FN2O/c1-3-5-11(2)18-15(19)14-10-13(16)8-7-12(14)6-4-9-17/h7-8,10-11H,3,5,9,17H2,1-2H3,(H,18,19). The van der Waals surface area contributed by atoms with Crippen LogP contribution in [-0.2, 0) is 0 Å². The van der Waals surface area contributed by atoms with Crippen LogP contribution in [0.1, 0.15) is 42.6 Å². The zero-order valence-corrected chi connectivity index (χ0v) is 11.3. The van der Waals surface area contributed by atoms with Crippen LogP contribution in [0.15, 0.2) is 18.2 Å². The first-order valence-corrected chi connectivity index (χ1v) is 6.37. The Bertz CT molecular complexity index is 503. The fourth-order valence-electron chi connectivity index (χ4n) is 1.77. The fourth-order valence-corrected chi connectivity index (χ4v) is 1.77. The van der Waals surface area contributed by atoms with Crippen LogP contribution < -0.4 is 11.1 Å². The maximum Gasteiger partial charge on any atom is 0.252 e. The van der Waals surface area contributed by atoms with Gasteiger partial charge in [0.05, 0.1) is 12.1 Å². The molecule has 0 heterocycles. The smallest absolute Gasteiger partial charge is 0.252 e. The molecule has 3 N–H and O–H groups in total. The summed E-state index contributed by atoms with van der Waals surface area (Å²) in [5.41, 5.74) is 6.05. The lowest BCUT2D eigenvalue weighted by Crippen LogP contribution is -2.32. The van der Waals surface area contributed by atoms with Gasteiger partial charge in [-0.25, -0.2) is 4.39 Å². The summed E-state index contributed by atoms with van der Waals surface area (Å²) in [7, 11) is 0. The predicted molar refractivity (Wildman–Crippen MR) is 74.2 cm³/mol. The first-order chi connectivity index (χ1) is 9.08. The van der Waals surface area contributed by atoms with Crippen molar-refractivity contribution in [2.45, 2.75) is 32.7 Å². The highest BCUT2D eigenvalue weighted by Crippen LogP contribution is 2.11. The Balaban J connectivity index is 2.97. The van der Waals surface area contributed by atoms with E-state index in [4.69, 9.17) is 5.73 Å². The molecule has 0 saturated heterocycles. The van der Waals surface area contributed by atoms with Gasteiger partial charge in [0, 0.05) is 11.6 Å². The second-order valence-electron chi connectivity index (χ2n) is 4.36. The third-order valence-corrected chi connectivity index (χ3v) is 2.65. The molecule has 4 heteroatoms. The number of carbonyl (C=O) groups excluding carboxylic acids is 1. The van der Waals surface area contributed by atoms with Crippen molar-refractivity contribution >= 4 is 5.91 Å². The molecule has 19 heavy (non-hydrogen) atoms. The fraction of sp³-hybridized carbons (Fsp3) is 0.400. The molecule has 0 saturated carbocycles. The molecule has 0 aliphatic rings. The molecule has 1 atom stereocenters. The van der Waals surface area contributed by atoms with Crippen molar-refractivity contribution in [3.8, 4) is 11.8 Å². The zero-order valence-electron chi connectivity index (χ0n) is 11.3. The molecule has 0 bridgehead atoms. The predicted octanol–water partition coefficient (Wildman–Crippen LogP) is 2.05. The van der Waals surface area contributed by atoms with Gasteiger partial charge in [-0.05, 0) is 31.5 Å². The zero-order chi connectivity index (χ0) is 14.3. The Labute approximate surface area is 113 Å². The number of nitrogens with two attached hydrogens (primary N) is 1. The quantitative estimate of drug-likeness (QED) is 0.816. The maximum atomic E-state index is 13.3. The molecule has 1 aromatic carbocycles. The number of rotatable bonds is 4. The third kappa shape index (κ3) is 4.72. The summed E-state index contributed by atoms with van der Waals surface area (Å²) in [6, 6.07) is 4.04. The summed E-state index contributed by atoms with van der Waals surface area (Å²) in [6.45, 7) is 4.17. The van der Waals surface area contributed by atoms with Crippen molar-refractivity contribution < 1.29 is 9.18 Å². The van der Waals surface area contributed by atoms with Crippen molar-refractivity contribution in [2.24, 2.45) is 5.73 Å². The molecule has 3 nitrogen and oxygen atoms in total. The van der Waals surface area contributed by atoms with Crippen LogP contribution in [0.2, 0.25) is 0 Å². The average Bonchev–Trinajstić information content (AvgIpc) is 2.37. The summed E-state index contributed by atoms with van der Waals surface area (Å²) >= 11 is 0. The average molecular weight is 262 g/mol. The topological polar surface area (TPSA) is 55.1 Å². The molecule has 0 spiro atoms. The minimum atomic E-state index is -0.452. The highest BCUT2D eigenvalue weighted by atomic mass is 19.1. The number of amides is 1. The second-order valence-corrected chi connectivity index (χ2v) is 4.36. The molecule has 1 rings (SSSR count). The normalized spacial score (nSPS) is 11.4. The summed E-state index contributed by atoms with van der Waals surface area (Å²) in [6.07, 6.45) is 1.86. The number of hydrogen-bond donors (Lipinski definition) is 2. The summed E-state index contributed by atoms with van der Waals surface area (Å²) in [5.74, 6) is 4.70. The van der Waals surface area contributed by atoms with Crippen LogP contribution in [-0.4, -0.2) is 18.5 Å². The maximum absolute atomic E-state index is 13.3. The Kier molecular flexibility index (Phi) is 6.04. The molecular formula is C15H19FN2O. The van der Waals surface area contributed by atoms with Crippen molar-refractivity contribution in [2.75, 3.05) is 6.54 Å². The number of hydrogen-bond acceptors (Lipinski definition) is 2. The minimum absolute atomic E-state index is 0.0519. The molecule has 0 aromatic heterocycles. The molecule has 1 unspecified atom stereocenters. The molecule has 0 aliphatic carbocycles. The SMILES string of the molecule is CCCC(C)NC(=O)c1cc(F)ccc1C#CCN. The van der Waals surface area contributed by atoms with E-state index in [0.717, 1.165) is 12.8 Å². The van der Waals surface area contributed by atoms with Crippen LogP contribution in [0.3, 0.4) is 0 Å². The van der Waals surface area contributed by atoms with E-state index in [0.29, 0.717) is 5.56 Å². The Morgan fingerprint density at radius 1 is 1.53 bits per heavy atom. The molecule has 1 amide bonds. The number of nitrogens with one attached hydrogen (secondary N) is 1. The highest BCUT2D eigenvalue weighted by molar-refractivity contribution is 5.96. The van der Waals surface area contributed by atoms with E-state index in [-0.39, 0.29) is 24.1 Å². The molecule has 102 valence electrons. The van der Waals surface area contributed by atoms with Crippen LogP contribution >= 0.6 is 0 Å². The lowest BCUT2D eigenvalue weighted by molar-refractivity contribution is 0.0937. The van der Waals surface area contributed by atoms with Gasteiger partial charge in [0.25, 0.3) is 5.91 Å². The van der Waals surface area contributed by atoms with Gasteiger partial charge in [-0.3, -0.25) is 4.79 Å². The van der Waals surface area contributed by atoms with Crippen LogP contribution in [0.4, 0.5) is 4.39 Å². The lowest BCUT2D eigenvalue weighted by atomic mass is 10.1. The minimum Gasteiger partial charge on any atom is -0.350 e. The largest absolute Gasteiger partial charge is 0.350 e. The first-order valence-electron chi connectivity index (χ1n) is 6.37. The van der Waals surface area contributed by atoms with Gasteiger partial charge >= 0.3 is 0 Å². The Morgan fingerprint density at radius 2 is 2.26 bits per heavy atom. The van der Waals surface area contributed by atoms with Gasteiger partial charge in [0.2, 0.25) is 0 Å². The van der Waals surface area contributed by atoms with Gasteiger partial charge in [-0.1, -0.05) is 25.2 Å². The van der Waals surface area contributed by atoms with E-state index in [1.807, 2.05) is 13.8 Å². The van der Waals surface area contributed by atoms with Crippen LogP contribution in [0.5, 0.6) is 0 Å². The Morgan fingerprint density at radius 3 is 2.89 bits per heavy atom. The van der Waals surface area contributed by atoms with E-state index < -0.39 is 5.82 Å². The van der Waals surface area contributed by atoms with Crippen molar-refractivity contribution in [1.29, 1.82) is 0 Å². The van der Waals surface area contributed by atoms with E-state index in [2.05, 4.69) is 17.2 Å². The van der Waals surface area contributed by atoms with Gasteiger partial charge in [0.15, 0.2) is 0 Å². The van der Waals surface area contributed by atoms with Crippen LogP contribution in [0.25, 0.3) is 0 Å². The number of halogens is 1. The summed E-state index contributed by atoms with van der Waals surface area (Å²) < 4.78 is 13.3. The van der Waals surface area contributed by atoms with Crippen LogP contribution in [0, 0.1) is 17.7 Å². The van der Waals surface area contributed by atoms with E-state index in [1.54, 1.807) is 0 Å². The molecule has 0 radical (unpaired) electrons. The van der Waals surface area contributed by atoms with Crippen molar-refractivity contribution in [1.82, 2.24) is 5.32 Å². The Hall–Kier alpha value is -1.86. The summed E-state index contributed by atoms with van der Waals surface area (Å²) in [4.78, 5) is 12.1. The molecule has 1 aromatic rings. The van der Waals surface area contributed by atoms with E-state index in [9.17, 15) is 9.18 Å². The van der Waals surface area contributed by atoms with E-state index >= 15 is 0 Å². The van der Waals surface area contributed by atoms with Crippen molar-refractivity contribution in [3.05, 3.63) is 35.1 Å². The van der Waals surface area contributed by atoms with Crippen molar-refractivity contribution in [3.63, 3.8) is 0 Å². The second kappa shape index (κ2) is 7.55. The number of carbonyl (C=O) groups is 1. The summed E-state index contributed by atoms with van der Waals surface area (Å²) in [5, 5.41) is 2.84. The van der Waals surface area contributed by atoms with Gasteiger partial charge in [-0.2, -0.15) is 0 Å². The monoisotopic (exact) mass is 262 g/mol. The number of benzene rings is 1. The van der Waals surface area contributed by atoms with Gasteiger partial charge in [0.1, 0.15) is 5.82 Å². The van der Waals surface area contributed by atoms with Gasteiger partial charge < -0.3 is 11.1 Å². The van der Waals surface area contributed by atoms with E-state index in [1.165, 1.54) is 18.2 Å². The highest BCUT2D eigenvalue weighted by Gasteiger charge is 2.13. The lowest BCUT2D eigenvalue weighted by Gasteiger charge is -2.13. The first kappa shape index (κ1) is 15.2. The van der Waals surface area contributed by atoms with Gasteiger partial charge in [-0.15, -0.1) is 0 Å². The molecule has 0 aliphatic heterocycles. The molecule has 0 fully saturated rings. The molecular weight excluding hydrogens is 243 g/mol. The third-order valence-electron chi connectivity index (χ3n) is 2.65.